The monoisotopic (exact) mass is 387 g/mol. The molecular formula is C18H24F3N3O3. The van der Waals surface area contributed by atoms with Gasteiger partial charge in [0.15, 0.2) is 11.5 Å². The number of ether oxygens (including phenoxy) is 2. The summed E-state index contributed by atoms with van der Waals surface area (Å²) in [5.41, 5.74) is 6.45. The molecule has 0 unspecified atom stereocenters. The van der Waals surface area contributed by atoms with E-state index in [0.717, 1.165) is 32.2 Å². The van der Waals surface area contributed by atoms with E-state index in [1.807, 2.05) is 4.90 Å². The van der Waals surface area contributed by atoms with E-state index >= 15 is 0 Å². The summed E-state index contributed by atoms with van der Waals surface area (Å²) in [5.74, 6) is -2.64. The van der Waals surface area contributed by atoms with Crippen molar-refractivity contribution in [2.45, 2.75) is 37.4 Å². The third kappa shape index (κ3) is 3.65. The number of nitrogens with two attached hydrogens (primary N) is 1. The Balaban J connectivity index is 1.88. The van der Waals surface area contributed by atoms with E-state index in [4.69, 9.17) is 10.5 Å². The maximum atomic E-state index is 12.7. The average molecular weight is 387 g/mol. The SMILES string of the molecule is COc1c(N)ccc(N2CCC3(CCCN3C)CC2)c1OC(=O)C(F)(F)F. The van der Waals surface area contributed by atoms with Crippen molar-refractivity contribution in [1.82, 2.24) is 4.90 Å². The van der Waals surface area contributed by atoms with Crippen molar-refractivity contribution in [3.8, 4) is 11.5 Å². The minimum absolute atomic E-state index is 0.0663. The number of hydrogen-bond donors (Lipinski definition) is 1. The Bertz CT molecular complexity index is 716. The van der Waals surface area contributed by atoms with Gasteiger partial charge in [-0.2, -0.15) is 13.2 Å². The fourth-order valence-corrected chi connectivity index (χ4v) is 4.15. The summed E-state index contributed by atoms with van der Waals surface area (Å²) in [6.07, 6.45) is -1.05. The van der Waals surface area contributed by atoms with Crippen LogP contribution in [0.25, 0.3) is 0 Å². The van der Waals surface area contributed by atoms with Crippen LogP contribution < -0.4 is 20.1 Å². The molecule has 150 valence electrons. The molecule has 0 radical (unpaired) electrons. The molecule has 1 spiro atoms. The molecule has 0 aromatic heterocycles. The number of benzene rings is 1. The van der Waals surface area contributed by atoms with Crippen LogP contribution in [0.15, 0.2) is 12.1 Å². The first kappa shape index (κ1) is 19.6. The third-order valence-electron chi connectivity index (χ3n) is 5.73. The Morgan fingerprint density at radius 3 is 2.33 bits per heavy atom. The zero-order chi connectivity index (χ0) is 19.8. The number of alkyl halides is 3. The number of carbonyl (C=O) groups is 1. The molecule has 2 fully saturated rings. The van der Waals surface area contributed by atoms with Gasteiger partial charge in [-0.15, -0.1) is 0 Å². The molecule has 0 saturated carbocycles. The van der Waals surface area contributed by atoms with E-state index in [0.29, 0.717) is 18.8 Å². The number of halogens is 3. The molecule has 0 amide bonds. The molecule has 0 aliphatic carbocycles. The maximum absolute atomic E-state index is 12.7. The van der Waals surface area contributed by atoms with Crippen molar-refractivity contribution in [3.63, 3.8) is 0 Å². The Kier molecular flexibility index (Phi) is 5.16. The Morgan fingerprint density at radius 2 is 1.81 bits per heavy atom. The fraction of sp³-hybridized carbons (Fsp3) is 0.611. The molecule has 0 bridgehead atoms. The van der Waals surface area contributed by atoms with Gasteiger partial charge in [0.25, 0.3) is 0 Å². The largest absolute Gasteiger partial charge is 0.491 e. The van der Waals surface area contributed by atoms with Crippen LogP contribution in [0.1, 0.15) is 25.7 Å². The van der Waals surface area contributed by atoms with Crippen LogP contribution in [0.3, 0.4) is 0 Å². The number of esters is 1. The number of likely N-dealkylation sites (tertiary alicyclic amines) is 1. The van der Waals surface area contributed by atoms with Crippen molar-refractivity contribution in [1.29, 1.82) is 0 Å². The molecule has 2 saturated heterocycles. The lowest BCUT2D eigenvalue weighted by Crippen LogP contribution is -2.50. The highest BCUT2D eigenvalue weighted by Crippen LogP contribution is 2.45. The van der Waals surface area contributed by atoms with Crippen molar-refractivity contribution in [2.24, 2.45) is 0 Å². The molecule has 0 atom stereocenters. The van der Waals surface area contributed by atoms with E-state index in [1.165, 1.54) is 7.11 Å². The molecule has 9 heteroatoms. The lowest BCUT2D eigenvalue weighted by atomic mass is 9.85. The van der Waals surface area contributed by atoms with Crippen LogP contribution >= 0.6 is 0 Å². The van der Waals surface area contributed by atoms with Gasteiger partial charge in [-0.25, -0.2) is 4.79 Å². The summed E-state index contributed by atoms with van der Waals surface area (Å²) in [6.45, 7) is 2.35. The van der Waals surface area contributed by atoms with Crippen LogP contribution in [-0.4, -0.2) is 56.4 Å². The van der Waals surface area contributed by atoms with E-state index in [1.54, 1.807) is 12.1 Å². The van der Waals surface area contributed by atoms with E-state index in [2.05, 4.69) is 16.7 Å². The minimum Gasteiger partial charge on any atom is -0.491 e. The number of piperidine rings is 1. The second kappa shape index (κ2) is 7.10. The number of methoxy groups -OCH3 is 1. The normalized spacial score (nSPS) is 20.1. The number of anilines is 2. The topological polar surface area (TPSA) is 68.0 Å². The van der Waals surface area contributed by atoms with Gasteiger partial charge in [0, 0.05) is 18.6 Å². The van der Waals surface area contributed by atoms with Crippen LogP contribution in [0.2, 0.25) is 0 Å². The van der Waals surface area contributed by atoms with Gasteiger partial charge in [-0.05, 0) is 51.4 Å². The minimum atomic E-state index is -5.11. The number of nitrogens with zero attached hydrogens (tertiary/aromatic N) is 2. The number of hydrogen-bond acceptors (Lipinski definition) is 6. The highest BCUT2D eigenvalue weighted by Gasteiger charge is 2.44. The number of rotatable bonds is 3. The second-order valence-electron chi connectivity index (χ2n) is 7.16. The van der Waals surface area contributed by atoms with Gasteiger partial charge < -0.3 is 25.0 Å². The Hall–Kier alpha value is -2.16. The summed E-state index contributed by atoms with van der Waals surface area (Å²) in [7, 11) is 3.39. The molecule has 27 heavy (non-hydrogen) atoms. The first-order valence-electron chi connectivity index (χ1n) is 8.89. The van der Waals surface area contributed by atoms with Crippen molar-refractivity contribution >= 4 is 17.3 Å². The van der Waals surface area contributed by atoms with Gasteiger partial charge in [0.1, 0.15) is 0 Å². The highest BCUT2D eigenvalue weighted by atomic mass is 19.4. The van der Waals surface area contributed by atoms with E-state index < -0.39 is 12.1 Å². The van der Waals surface area contributed by atoms with Crippen LogP contribution in [0.5, 0.6) is 11.5 Å². The van der Waals surface area contributed by atoms with Crippen LogP contribution in [-0.2, 0) is 4.79 Å². The number of nitrogen functional groups attached to an aromatic ring is 1. The van der Waals surface area contributed by atoms with Gasteiger partial charge in [-0.3, -0.25) is 0 Å². The average Bonchev–Trinajstić information content (AvgIpc) is 2.96. The molecule has 2 N–H and O–H groups in total. The smallest absolute Gasteiger partial charge is 0.491 e. The quantitative estimate of drug-likeness (QED) is 0.489. The predicted octanol–water partition coefficient (Wildman–Crippen LogP) is 2.81. The van der Waals surface area contributed by atoms with E-state index in [-0.39, 0.29) is 22.7 Å². The highest BCUT2D eigenvalue weighted by molar-refractivity contribution is 5.83. The van der Waals surface area contributed by atoms with Crippen LogP contribution in [0.4, 0.5) is 24.5 Å². The Morgan fingerprint density at radius 1 is 1.15 bits per heavy atom. The van der Waals surface area contributed by atoms with Crippen molar-refractivity contribution < 1.29 is 27.4 Å². The lowest BCUT2D eigenvalue weighted by Gasteiger charge is -2.44. The maximum Gasteiger partial charge on any atom is 0.491 e. The van der Waals surface area contributed by atoms with Crippen molar-refractivity contribution in [3.05, 3.63) is 12.1 Å². The lowest BCUT2D eigenvalue weighted by molar-refractivity contribution is -0.189. The second-order valence-corrected chi connectivity index (χ2v) is 7.16. The number of carbonyl (C=O) groups excluding carboxylic acids is 1. The standard InChI is InChI=1S/C18H24F3N3O3/c1-23-9-3-6-17(23)7-10-24(11-8-17)13-5-4-12(22)14(26-2)15(13)27-16(25)18(19,20)21/h4-5H,3,6-11,22H2,1-2H3. The summed E-state index contributed by atoms with van der Waals surface area (Å²) >= 11 is 0. The molecule has 3 rings (SSSR count). The fourth-order valence-electron chi connectivity index (χ4n) is 4.15. The van der Waals surface area contributed by atoms with E-state index in [9.17, 15) is 18.0 Å². The first-order chi connectivity index (χ1) is 12.7. The molecular weight excluding hydrogens is 363 g/mol. The van der Waals surface area contributed by atoms with Gasteiger partial charge >= 0.3 is 12.1 Å². The van der Waals surface area contributed by atoms with Crippen LogP contribution in [0, 0.1) is 0 Å². The molecule has 6 nitrogen and oxygen atoms in total. The zero-order valence-electron chi connectivity index (χ0n) is 15.4. The summed E-state index contributed by atoms with van der Waals surface area (Å²) < 4.78 is 48.0. The summed E-state index contributed by atoms with van der Waals surface area (Å²) in [4.78, 5) is 15.7. The van der Waals surface area contributed by atoms with Crippen molar-refractivity contribution in [2.75, 3.05) is 44.4 Å². The molecule has 2 heterocycles. The molecule has 1 aromatic carbocycles. The Labute approximate surface area is 156 Å². The molecule has 1 aromatic rings. The zero-order valence-corrected chi connectivity index (χ0v) is 15.4. The predicted molar refractivity (Wildman–Crippen MR) is 95.1 cm³/mol. The van der Waals surface area contributed by atoms with Gasteiger partial charge in [0.2, 0.25) is 0 Å². The molecule has 2 aliphatic rings. The summed E-state index contributed by atoms with van der Waals surface area (Å²) in [6, 6.07) is 3.12. The third-order valence-corrected chi connectivity index (χ3v) is 5.73. The van der Waals surface area contributed by atoms with Gasteiger partial charge in [0.05, 0.1) is 18.5 Å². The summed E-state index contributed by atoms with van der Waals surface area (Å²) in [5, 5.41) is 0. The van der Waals surface area contributed by atoms with Gasteiger partial charge in [-0.1, -0.05) is 0 Å². The molecule has 2 aliphatic heterocycles. The first-order valence-corrected chi connectivity index (χ1v) is 8.89.